The van der Waals surface area contributed by atoms with E-state index in [1.807, 2.05) is 19.1 Å². The van der Waals surface area contributed by atoms with Gasteiger partial charge in [-0.2, -0.15) is 9.97 Å². The van der Waals surface area contributed by atoms with Gasteiger partial charge in [0, 0.05) is 73.2 Å². The van der Waals surface area contributed by atoms with Gasteiger partial charge in [-0.1, -0.05) is 24.2 Å². The summed E-state index contributed by atoms with van der Waals surface area (Å²) >= 11 is 7.13. The number of likely N-dealkylation sites (tertiary alicyclic amines) is 1. The van der Waals surface area contributed by atoms with Gasteiger partial charge in [0.15, 0.2) is 5.75 Å². The standard InChI is InChI=1S/C32H38ClN7O3/c1-4-26(41)39-13-15-40(16-14-39)31-22-17-24(33)28(27-19(2)5-8-25(35)23(27)18-34)30(42-20-6-7-20)29(22)36-32(37-31)43-21-9-11-38(3)12-10-21/h4-5,8,17-18,20-21,34H,1,6-7,9-16,35H2,2-3H3. The lowest BCUT2D eigenvalue weighted by atomic mass is 9.92. The Balaban J connectivity index is 1.53. The van der Waals surface area contributed by atoms with Crippen LogP contribution in [0.2, 0.25) is 5.02 Å². The number of carbonyl (C=O) groups is 1. The van der Waals surface area contributed by atoms with Crippen LogP contribution < -0.4 is 20.1 Å². The zero-order chi connectivity index (χ0) is 30.2. The number of aryl methyl sites for hydroxylation is 1. The molecular formula is C32H38ClN7O3. The first-order valence-corrected chi connectivity index (χ1v) is 15.3. The molecular weight excluding hydrogens is 566 g/mol. The van der Waals surface area contributed by atoms with Gasteiger partial charge in [0.25, 0.3) is 0 Å². The van der Waals surface area contributed by atoms with E-state index < -0.39 is 0 Å². The SMILES string of the molecule is C=CC(=O)N1CCN(c2nc(OC3CCN(C)CC3)nc3c(OC4CC4)c(-c4c(C)ccc(N)c4C=N)c(Cl)cc23)CC1. The molecule has 11 heteroatoms. The Morgan fingerprint density at radius 1 is 1.05 bits per heavy atom. The fourth-order valence-corrected chi connectivity index (χ4v) is 6.20. The van der Waals surface area contributed by atoms with Gasteiger partial charge in [0.05, 0.1) is 11.1 Å². The van der Waals surface area contributed by atoms with Gasteiger partial charge in [-0.3, -0.25) is 4.79 Å². The average Bonchev–Trinajstić information content (AvgIpc) is 3.84. The van der Waals surface area contributed by atoms with E-state index in [1.165, 1.54) is 12.3 Å². The van der Waals surface area contributed by atoms with Crippen molar-refractivity contribution < 1.29 is 14.3 Å². The number of nitrogens with two attached hydrogens (primary N) is 1. The van der Waals surface area contributed by atoms with Gasteiger partial charge >= 0.3 is 6.01 Å². The minimum absolute atomic E-state index is 0.00353. The van der Waals surface area contributed by atoms with Crippen LogP contribution in [0, 0.1) is 12.3 Å². The Morgan fingerprint density at radius 3 is 2.40 bits per heavy atom. The molecule has 2 aromatic carbocycles. The molecule has 10 nitrogen and oxygen atoms in total. The second kappa shape index (κ2) is 12.0. The third-order valence-corrected chi connectivity index (χ3v) is 8.85. The third kappa shape index (κ3) is 5.86. The zero-order valence-corrected chi connectivity index (χ0v) is 25.5. The first-order chi connectivity index (χ1) is 20.8. The second-order valence-corrected chi connectivity index (χ2v) is 12.1. The summed E-state index contributed by atoms with van der Waals surface area (Å²) in [4.78, 5) is 28.5. The van der Waals surface area contributed by atoms with Gasteiger partial charge in [0.2, 0.25) is 5.91 Å². The number of anilines is 2. The normalized spacial score (nSPS) is 18.1. The van der Waals surface area contributed by atoms with Crippen LogP contribution in [0.5, 0.6) is 11.8 Å². The Hall–Kier alpha value is -3.89. The molecule has 2 aliphatic heterocycles. The van der Waals surface area contributed by atoms with Crippen LogP contribution >= 0.6 is 11.6 Å². The maximum Gasteiger partial charge on any atom is 0.319 e. The molecule has 3 heterocycles. The highest BCUT2D eigenvalue weighted by Crippen LogP contribution is 2.48. The lowest BCUT2D eigenvalue weighted by molar-refractivity contribution is -0.126. The van der Waals surface area contributed by atoms with Crippen LogP contribution in [0.25, 0.3) is 22.0 Å². The Morgan fingerprint density at radius 2 is 1.74 bits per heavy atom. The second-order valence-electron chi connectivity index (χ2n) is 11.6. The lowest BCUT2D eigenvalue weighted by Crippen LogP contribution is -2.48. The Labute approximate surface area is 256 Å². The molecule has 3 fully saturated rings. The summed E-state index contributed by atoms with van der Waals surface area (Å²) in [7, 11) is 2.12. The number of hydrogen-bond donors (Lipinski definition) is 2. The fraction of sp³-hybridized carbons (Fsp3) is 0.438. The predicted molar refractivity (Wildman–Crippen MR) is 171 cm³/mol. The van der Waals surface area contributed by atoms with Crippen LogP contribution in [0.15, 0.2) is 30.9 Å². The molecule has 6 rings (SSSR count). The number of nitrogen functional groups attached to an aromatic ring is 1. The van der Waals surface area contributed by atoms with Crippen LogP contribution in [0.4, 0.5) is 11.5 Å². The number of rotatable bonds is 8. The van der Waals surface area contributed by atoms with E-state index in [0.29, 0.717) is 71.1 Å². The number of amides is 1. The quantitative estimate of drug-likeness (QED) is 0.216. The molecule has 43 heavy (non-hydrogen) atoms. The van der Waals surface area contributed by atoms with E-state index in [1.54, 1.807) is 11.0 Å². The summed E-state index contributed by atoms with van der Waals surface area (Å²) in [6.45, 7) is 9.77. The number of halogens is 1. The first-order valence-electron chi connectivity index (χ1n) is 14.9. The molecule has 1 aliphatic carbocycles. The molecule has 3 N–H and O–H groups in total. The predicted octanol–water partition coefficient (Wildman–Crippen LogP) is 4.69. The minimum Gasteiger partial charge on any atom is -0.487 e. The van der Waals surface area contributed by atoms with Gasteiger partial charge in [0.1, 0.15) is 17.4 Å². The summed E-state index contributed by atoms with van der Waals surface area (Å²) in [6.07, 6.45) is 6.33. The molecule has 226 valence electrons. The number of piperidine rings is 1. The van der Waals surface area contributed by atoms with Crippen molar-refractivity contribution in [2.24, 2.45) is 0 Å². The van der Waals surface area contributed by atoms with Crippen molar-refractivity contribution >= 4 is 46.1 Å². The Kier molecular flexibility index (Phi) is 8.15. The molecule has 0 bridgehead atoms. The van der Waals surface area contributed by atoms with E-state index in [0.717, 1.165) is 55.3 Å². The van der Waals surface area contributed by atoms with Crippen LogP contribution in [-0.4, -0.2) is 90.4 Å². The van der Waals surface area contributed by atoms with E-state index in [-0.39, 0.29) is 18.1 Å². The van der Waals surface area contributed by atoms with Crippen molar-refractivity contribution in [3.63, 3.8) is 0 Å². The van der Waals surface area contributed by atoms with E-state index in [4.69, 9.17) is 42.2 Å². The summed E-state index contributed by atoms with van der Waals surface area (Å²) in [6, 6.07) is 5.92. The number of aromatic nitrogens is 2. The molecule has 1 amide bonds. The fourth-order valence-electron chi connectivity index (χ4n) is 5.91. The van der Waals surface area contributed by atoms with Crippen LogP contribution in [0.3, 0.4) is 0 Å². The van der Waals surface area contributed by atoms with Crippen molar-refractivity contribution in [3.05, 3.63) is 47.0 Å². The highest BCUT2D eigenvalue weighted by Gasteiger charge is 2.32. The maximum absolute atomic E-state index is 12.3. The largest absolute Gasteiger partial charge is 0.487 e. The molecule has 0 radical (unpaired) electrons. The average molecular weight is 604 g/mol. The summed E-state index contributed by atoms with van der Waals surface area (Å²) < 4.78 is 13.1. The molecule has 0 spiro atoms. The highest BCUT2D eigenvalue weighted by atomic mass is 35.5. The van der Waals surface area contributed by atoms with Crippen molar-refractivity contribution in [1.29, 1.82) is 5.41 Å². The Bertz CT molecular complexity index is 1580. The van der Waals surface area contributed by atoms with Crippen molar-refractivity contribution in [2.75, 3.05) is 56.9 Å². The zero-order valence-electron chi connectivity index (χ0n) is 24.7. The van der Waals surface area contributed by atoms with Gasteiger partial charge in [-0.25, -0.2) is 0 Å². The van der Waals surface area contributed by atoms with E-state index in [2.05, 4.69) is 23.4 Å². The maximum atomic E-state index is 12.3. The molecule has 3 aromatic rings. The number of piperazine rings is 1. The topological polar surface area (TPSA) is 121 Å². The highest BCUT2D eigenvalue weighted by molar-refractivity contribution is 6.35. The number of nitrogens with one attached hydrogen (secondary N) is 1. The number of hydrogen-bond acceptors (Lipinski definition) is 9. The number of carbonyl (C=O) groups excluding carboxylic acids is 1. The van der Waals surface area contributed by atoms with Crippen molar-refractivity contribution in [3.8, 4) is 22.9 Å². The molecule has 1 aromatic heterocycles. The van der Waals surface area contributed by atoms with Crippen LogP contribution in [-0.2, 0) is 4.79 Å². The first kappa shape index (κ1) is 29.2. The summed E-state index contributed by atoms with van der Waals surface area (Å²) in [5, 5.41) is 9.39. The monoisotopic (exact) mass is 603 g/mol. The molecule has 0 unspecified atom stereocenters. The summed E-state index contributed by atoms with van der Waals surface area (Å²) in [5.41, 5.74) is 10.4. The third-order valence-electron chi connectivity index (χ3n) is 8.55. The van der Waals surface area contributed by atoms with Gasteiger partial charge in [-0.15, -0.1) is 0 Å². The van der Waals surface area contributed by atoms with Gasteiger partial charge in [-0.05, 0) is 63.4 Å². The number of fused-ring (bicyclic) bond motifs is 1. The number of ether oxygens (including phenoxy) is 2. The smallest absolute Gasteiger partial charge is 0.319 e. The molecule has 1 saturated carbocycles. The number of nitrogens with zero attached hydrogens (tertiary/aromatic N) is 5. The van der Waals surface area contributed by atoms with Crippen molar-refractivity contribution in [2.45, 2.75) is 44.8 Å². The molecule has 3 aliphatic rings. The lowest BCUT2D eigenvalue weighted by Gasteiger charge is -2.35. The van der Waals surface area contributed by atoms with Gasteiger partial charge < -0.3 is 35.3 Å². The van der Waals surface area contributed by atoms with Crippen molar-refractivity contribution in [1.82, 2.24) is 19.8 Å². The van der Waals surface area contributed by atoms with Crippen LogP contribution in [0.1, 0.15) is 36.8 Å². The number of benzene rings is 2. The molecule has 0 atom stereocenters. The summed E-state index contributed by atoms with van der Waals surface area (Å²) in [5.74, 6) is 1.18. The molecule has 2 saturated heterocycles. The van der Waals surface area contributed by atoms with E-state index >= 15 is 0 Å². The van der Waals surface area contributed by atoms with E-state index in [9.17, 15) is 4.79 Å². The minimum atomic E-state index is -0.0780.